The minimum Gasteiger partial charge on any atom is -0.327 e. The van der Waals surface area contributed by atoms with Gasteiger partial charge in [-0.15, -0.1) is 0 Å². The van der Waals surface area contributed by atoms with Crippen molar-refractivity contribution in [1.29, 1.82) is 0 Å². The van der Waals surface area contributed by atoms with E-state index < -0.39 is 0 Å². The number of piperidine rings is 1. The van der Waals surface area contributed by atoms with Crippen molar-refractivity contribution in [3.63, 3.8) is 0 Å². The maximum atomic E-state index is 6.10. The summed E-state index contributed by atoms with van der Waals surface area (Å²) in [6.45, 7) is 7.11. The van der Waals surface area contributed by atoms with Gasteiger partial charge in [0.05, 0.1) is 0 Å². The summed E-state index contributed by atoms with van der Waals surface area (Å²) < 4.78 is 0. The molecule has 0 aliphatic carbocycles. The molecule has 1 aliphatic rings. The van der Waals surface area contributed by atoms with Crippen LogP contribution < -0.4 is 5.73 Å². The van der Waals surface area contributed by atoms with Gasteiger partial charge in [0.1, 0.15) is 0 Å². The van der Waals surface area contributed by atoms with Crippen molar-refractivity contribution in [3.05, 3.63) is 0 Å². The average molecular weight is 244 g/mol. The van der Waals surface area contributed by atoms with Crippen LogP contribution in [-0.4, -0.2) is 42.1 Å². The lowest BCUT2D eigenvalue weighted by Gasteiger charge is -2.41. The molecule has 0 aromatic carbocycles. The fourth-order valence-electron chi connectivity index (χ4n) is 2.53. The Morgan fingerprint density at radius 1 is 1.25 bits per heavy atom. The highest BCUT2D eigenvalue weighted by Crippen LogP contribution is 2.22. The first-order chi connectivity index (χ1) is 7.66. The summed E-state index contributed by atoms with van der Waals surface area (Å²) in [5, 5.41) is 0. The molecule has 2 N–H and O–H groups in total. The van der Waals surface area contributed by atoms with Gasteiger partial charge >= 0.3 is 0 Å². The number of likely N-dealkylation sites (tertiary alicyclic amines) is 1. The summed E-state index contributed by atoms with van der Waals surface area (Å²) in [6.07, 6.45) is 7.47. The lowest BCUT2D eigenvalue weighted by Crippen LogP contribution is -2.51. The fraction of sp³-hybridized carbons (Fsp3) is 1.00. The Morgan fingerprint density at radius 2 is 2.00 bits per heavy atom. The third kappa shape index (κ3) is 4.27. The zero-order valence-corrected chi connectivity index (χ0v) is 11.9. The Bertz CT molecular complexity index is 187. The lowest BCUT2D eigenvalue weighted by atomic mass is 9.87. The predicted molar refractivity (Wildman–Crippen MR) is 75.0 cm³/mol. The van der Waals surface area contributed by atoms with Gasteiger partial charge in [-0.25, -0.2) is 0 Å². The topological polar surface area (TPSA) is 29.3 Å². The molecule has 1 rings (SSSR count). The molecule has 96 valence electrons. The number of unbranched alkanes of at least 4 members (excludes halogenated alkanes) is 2. The first kappa shape index (κ1) is 14.3. The summed E-state index contributed by atoms with van der Waals surface area (Å²) in [5.41, 5.74) is 6.10. The van der Waals surface area contributed by atoms with Gasteiger partial charge in [0, 0.05) is 12.1 Å². The van der Waals surface area contributed by atoms with E-state index in [9.17, 15) is 0 Å². The summed E-state index contributed by atoms with van der Waals surface area (Å²) in [7, 11) is 0. The molecule has 3 atom stereocenters. The number of nitrogens with zero attached hydrogens (tertiary/aromatic N) is 1. The van der Waals surface area contributed by atoms with Crippen LogP contribution >= 0.6 is 11.8 Å². The van der Waals surface area contributed by atoms with Crippen molar-refractivity contribution in [2.45, 2.75) is 51.6 Å². The molecular weight excluding hydrogens is 216 g/mol. The predicted octanol–water partition coefficient (Wildman–Crippen LogP) is 2.58. The largest absolute Gasteiger partial charge is 0.327 e. The quantitative estimate of drug-likeness (QED) is 0.728. The normalized spacial score (nSPS) is 31.9. The second kappa shape index (κ2) is 7.57. The maximum Gasteiger partial charge on any atom is 0.0107 e. The molecule has 0 saturated carbocycles. The number of thioether (sulfide) groups is 1. The SMILES string of the molecule is CSCCCCCN1CCC(N)C(C)C1C. The number of hydrogen-bond acceptors (Lipinski definition) is 3. The number of nitrogens with two attached hydrogens (primary N) is 1. The van der Waals surface area contributed by atoms with Crippen LogP contribution in [0.1, 0.15) is 39.5 Å². The van der Waals surface area contributed by atoms with Crippen molar-refractivity contribution in [2.75, 3.05) is 25.1 Å². The van der Waals surface area contributed by atoms with Crippen LogP contribution in [0.2, 0.25) is 0 Å². The zero-order chi connectivity index (χ0) is 12.0. The molecule has 0 amide bonds. The molecule has 1 aliphatic heterocycles. The van der Waals surface area contributed by atoms with E-state index in [2.05, 4.69) is 25.0 Å². The Labute approximate surface area is 105 Å². The first-order valence-electron chi connectivity index (χ1n) is 6.65. The van der Waals surface area contributed by atoms with E-state index in [1.807, 2.05) is 11.8 Å². The summed E-state index contributed by atoms with van der Waals surface area (Å²) in [5.74, 6) is 1.97. The van der Waals surface area contributed by atoms with Gasteiger partial charge in [0.2, 0.25) is 0 Å². The van der Waals surface area contributed by atoms with Crippen LogP contribution in [0.5, 0.6) is 0 Å². The Morgan fingerprint density at radius 3 is 2.69 bits per heavy atom. The van der Waals surface area contributed by atoms with Crippen LogP contribution in [0.4, 0.5) is 0 Å². The molecule has 1 fully saturated rings. The average Bonchev–Trinajstić information content (AvgIpc) is 2.28. The fourth-order valence-corrected chi connectivity index (χ4v) is 3.02. The van der Waals surface area contributed by atoms with Gasteiger partial charge in [0.15, 0.2) is 0 Å². The lowest BCUT2D eigenvalue weighted by molar-refractivity contribution is 0.0962. The Kier molecular flexibility index (Phi) is 6.78. The summed E-state index contributed by atoms with van der Waals surface area (Å²) in [4.78, 5) is 2.63. The van der Waals surface area contributed by atoms with Gasteiger partial charge in [-0.2, -0.15) is 11.8 Å². The van der Waals surface area contributed by atoms with Gasteiger partial charge < -0.3 is 10.6 Å². The second-order valence-corrected chi connectivity index (χ2v) is 6.13. The molecule has 0 bridgehead atoms. The second-order valence-electron chi connectivity index (χ2n) is 5.14. The van der Waals surface area contributed by atoms with Crippen molar-refractivity contribution in [3.8, 4) is 0 Å². The van der Waals surface area contributed by atoms with Gasteiger partial charge in [-0.1, -0.05) is 13.3 Å². The standard InChI is InChI=1S/C13H28N2S/c1-11-12(2)15(9-7-13(11)14)8-5-4-6-10-16-3/h11-13H,4-10,14H2,1-3H3. The molecule has 1 saturated heterocycles. The highest BCUT2D eigenvalue weighted by atomic mass is 32.2. The van der Waals surface area contributed by atoms with E-state index in [4.69, 9.17) is 5.73 Å². The molecule has 0 aromatic heterocycles. The molecule has 3 heteroatoms. The summed E-state index contributed by atoms with van der Waals surface area (Å²) >= 11 is 1.96. The van der Waals surface area contributed by atoms with E-state index in [0.717, 1.165) is 0 Å². The van der Waals surface area contributed by atoms with Gasteiger partial charge in [-0.3, -0.25) is 0 Å². The van der Waals surface area contributed by atoms with E-state index in [-0.39, 0.29) is 0 Å². The molecule has 3 unspecified atom stereocenters. The van der Waals surface area contributed by atoms with Crippen LogP contribution in [-0.2, 0) is 0 Å². The highest BCUT2D eigenvalue weighted by molar-refractivity contribution is 7.98. The highest BCUT2D eigenvalue weighted by Gasteiger charge is 2.29. The zero-order valence-electron chi connectivity index (χ0n) is 11.1. The van der Waals surface area contributed by atoms with E-state index in [1.165, 1.54) is 44.5 Å². The third-order valence-corrected chi connectivity index (χ3v) is 4.75. The minimum absolute atomic E-state index is 0.419. The van der Waals surface area contributed by atoms with Crippen LogP contribution in [0.3, 0.4) is 0 Å². The third-order valence-electron chi connectivity index (χ3n) is 4.06. The smallest absolute Gasteiger partial charge is 0.0107 e. The van der Waals surface area contributed by atoms with Crippen molar-refractivity contribution in [2.24, 2.45) is 11.7 Å². The maximum absolute atomic E-state index is 6.10. The van der Waals surface area contributed by atoms with E-state index >= 15 is 0 Å². The molecule has 2 nitrogen and oxygen atoms in total. The minimum atomic E-state index is 0.419. The van der Waals surface area contributed by atoms with Crippen LogP contribution in [0.15, 0.2) is 0 Å². The monoisotopic (exact) mass is 244 g/mol. The summed E-state index contributed by atoms with van der Waals surface area (Å²) in [6, 6.07) is 1.09. The van der Waals surface area contributed by atoms with Gasteiger partial charge in [0.25, 0.3) is 0 Å². The molecule has 1 heterocycles. The van der Waals surface area contributed by atoms with Crippen LogP contribution in [0, 0.1) is 5.92 Å². The van der Waals surface area contributed by atoms with Crippen LogP contribution in [0.25, 0.3) is 0 Å². The molecular formula is C13H28N2S. The van der Waals surface area contributed by atoms with Gasteiger partial charge in [-0.05, 0) is 57.2 Å². The first-order valence-corrected chi connectivity index (χ1v) is 8.04. The molecule has 0 aromatic rings. The molecule has 16 heavy (non-hydrogen) atoms. The molecule has 0 radical (unpaired) electrons. The number of rotatable bonds is 6. The number of hydrogen-bond donors (Lipinski definition) is 1. The Balaban J connectivity index is 2.16. The van der Waals surface area contributed by atoms with Crippen molar-refractivity contribution in [1.82, 2.24) is 4.90 Å². The van der Waals surface area contributed by atoms with Crippen molar-refractivity contribution < 1.29 is 0 Å². The van der Waals surface area contributed by atoms with Crippen molar-refractivity contribution >= 4 is 11.8 Å². The Hall–Kier alpha value is 0.270. The van der Waals surface area contributed by atoms with E-state index in [1.54, 1.807) is 0 Å². The molecule has 0 spiro atoms. The van der Waals surface area contributed by atoms with E-state index in [0.29, 0.717) is 18.0 Å².